The summed E-state index contributed by atoms with van der Waals surface area (Å²) in [5.74, 6) is 2.17. The van der Waals surface area contributed by atoms with E-state index in [1.807, 2.05) is 11.4 Å². The molecule has 5 nitrogen and oxygen atoms in total. The Bertz CT molecular complexity index is 617. The zero-order valence-corrected chi connectivity index (χ0v) is 12.5. The highest BCUT2D eigenvalue weighted by atomic mass is 32.2. The van der Waals surface area contributed by atoms with E-state index >= 15 is 0 Å². The molecule has 0 saturated carbocycles. The fourth-order valence-corrected chi connectivity index (χ4v) is 4.72. The van der Waals surface area contributed by atoms with E-state index in [1.54, 1.807) is 6.07 Å². The van der Waals surface area contributed by atoms with Crippen molar-refractivity contribution in [2.45, 2.75) is 18.5 Å². The molecule has 1 aliphatic heterocycles. The molecule has 2 N–H and O–H groups in total. The number of hydrogen-bond acceptors (Lipinski definition) is 5. The second kappa shape index (κ2) is 5.95. The summed E-state index contributed by atoms with van der Waals surface area (Å²) in [5.41, 5.74) is 5.95. The standard InChI is InChI=1S/C13H16N2O3S2/c1-2-6-15(10-5-8-20(17,18)9-10)13(16)12(14)11-4-3-7-19-11/h1,3-4,7,10,12H,5-6,8-9,14H2. The maximum atomic E-state index is 12.4. The highest BCUT2D eigenvalue weighted by molar-refractivity contribution is 7.91. The Morgan fingerprint density at radius 3 is 2.90 bits per heavy atom. The van der Waals surface area contributed by atoms with Gasteiger partial charge in [-0.2, -0.15) is 0 Å². The molecule has 108 valence electrons. The van der Waals surface area contributed by atoms with Crippen LogP contribution in [-0.2, 0) is 14.6 Å². The molecule has 2 unspecified atom stereocenters. The summed E-state index contributed by atoms with van der Waals surface area (Å²) in [6, 6.07) is 2.45. The topological polar surface area (TPSA) is 80.5 Å². The molecule has 0 bridgehead atoms. The van der Waals surface area contributed by atoms with Crippen LogP contribution < -0.4 is 5.73 Å². The average Bonchev–Trinajstić information content (AvgIpc) is 3.03. The quantitative estimate of drug-likeness (QED) is 0.816. The highest BCUT2D eigenvalue weighted by Gasteiger charge is 2.36. The van der Waals surface area contributed by atoms with Crippen molar-refractivity contribution in [1.82, 2.24) is 4.90 Å². The average molecular weight is 312 g/mol. The van der Waals surface area contributed by atoms with Crippen LogP contribution in [0.25, 0.3) is 0 Å². The van der Waals surface area contributed by atoms with E-state index in [1.165, 1.54) is 16.2 Å². The van der Waals surface area contributed by atoms with Crippen LogP contribution in [0.4, 0.5) is 0 Å². The molecule has 0 radical (unpaired) electrons. The predicted octanol–water partition coefficient (Wildman–Crippen LogP) is 0.397. The molecule has 1 saturated heterocycles. The second-order valence-corrected chi connectivity index (χ2v) is 7.93. The van der Waals surface area contributed by atoms with Gasteiger partial charge in [0.25, 0.3) is 0 Å². The van der Waals surface area contributed by atoms with Gasteiger partial charge in [-0.15, -0.1) is 17.8 Å². The van der Waals surface area contributed by atoms with E-state index in [0.717, 1.165) is 4.88 Å². The largest absolute Gasteiger partial charge is 0.326 e. The number of carbonyl (C=O) groups excluding carboxylic acids is 1. The summed E-state index contributed by atoms with van der Waals surface area (Å²) >= 11 is 1.39. The molecule has 7 heteroatoms. The zero-order chi connectivity index (χ0) is 14.8. The monoisotopic (exact) mass is 312 g/mol. The Hall–Kier alpha value is -1.36. The number of nitrogens with two attached hydrogens (primary N) is 1. The van der Waals surface area contributed by atoms with Crippen LogP contribution in [0.2, 0.25) is 0 Å². The van der Waals surface area contributed by atoms with E-state index in [2.05, 4.69) is 5.92 Å². The van der Waals surface area contributed by atoms with Gasteiger partial charge >= 0.3 is 0 Å². The van der Waals surface area contributed by atoms with Gasteiger partial charge in [-0.05, 0) is 17.9 Å². The summed E-state index contributed by atoms with van der Waals surface area (Å²) in [6.07, 6.45) is 5.71. The van der Waals surface area contributed by atoms with Gasteiger partial charge in [0.05, 0.1) is 18.1 Å². The summed E-state index contributed by atoms with van der Waals surface area (Å²) in [5, 5.41) is 1.84. The van der Waals surface area contributed by atoms with Gasteiger partial charge in [0.15, 0.2) is 9.84 Å². The molecular formula is C13H16N2O3S2. The fraction of sp³-hybridized carbons (Fsp3) is 0.462. The number of hydrogen-bond donors (Lipinski definition) is 1. The van der Waals surface area contributed by atoms with Crippen LogP contribution in [0.5, 0.6) is 0 Å². The minimum absolute atomic E-state index is 0.0302. The van der Waals surface area contributed by atoms with Crippen molar-refractivity contribution in [1.29, 1.82) is 0 Å². The molecular weight excluding hydrogens is 296 g/mol. The van der Waals surface area contributed by atoms with Crippen LogP contribution in [0.15, 0.2) is 17.5 Å². The third kappa shape index (κ3) is 3.20. The summed E-state index contributed by atoms with van der Waals surface area (Å²) < 4.78 is 23.1. The van der Waals surface area contributed by atoms with Crippen LogP contribution in [0.1, 0.15) is 17.3 Å². The second-order valence-electron chi connectivity index (χ2n) is 4.72. The maximum Gasteiger partial charge on any atom is 0.245 e. The molecule has 2 rings (SSSR count). The lowest BCUT2D eigenvalue weighted by Gasteiger charge is -2.28. The first-order valence-corrected chi connectivity index (χ1v) is 8.88. The normalized spacial score (nSPS) is 22.1. The van der Waals surface area contributed by atoms with Crippen LogP contribution in [0.3, 0.4) is 0 Å². The molecule has 1 aliphatic rings. The number of amides is 1. The van der Waals surface area contributed by atoms with Gasteiger partial charge < -0.3 is 10.6 Å². The predicted molar refractivity (Wildman–Crippen MR) is 78.9 cm³/mol. The third-order valence-corrected chi connectivity index (χ3v) is 6.02. The van der Waals surface area contributed by atoms with Crippen molar-refractivity contribution in [3.8, 4) is 12.3 Å². The summed E-state index contributed by atoms with van der Waals surface area (Å²) in [7, 11) is -3.07. The molecule has 0 aromatic carbocycles. The van der Waals surface area contributed by atoms with Crippen LogP contribution >= 0.6 is 11.3 Å². The number of carbonyl (C=O) groups is 1. The number of thiophene rings is 1. The Kier molecular flexibility index (Phi) is 4.48. The first kappa shape index (κ1) is 15.0. The molecule has 1 aromatic heterocycles. The van der Waals surface area contributed by atoms with Crippen molar-refractivity contribution in [2.75, 3.05) is 18.1 Å². The van der Waals surface area contributed by atoms with Gasteiger partial charge in [-0.25, -0.2) is 8.42 Å². The lowest BCUT2D eigenvalue weighted by atomic mass is 10.1. The van der Waals surface area contributed by atoms with Crippen molar-refractivity contribution in [3.63, 3.8) is 0 Å². The molecule has 1 aromatic rings. The van der Waals surface area contributed by atoms with E-state index < -0.39 is 15.9 Å². The molecule has 20 heavy (non-hydrogen) atoms. The first-order valence-electron chi connectivity index (χ1n) is 6.18. The van der Waals surface area contributed by atoms with Crippen molar-refractivity contribution in [2.24, 2.45) is 5.73 Å². The minimum atomic E-state index is -3.07. The van der Waals surface area contributed by atoms with Gasteiger partial charge in [-0.1, -0.05) is 12.0 Å². The number of nitrogens with zero attached hydrogens (tertiary/aromatic N) is 1. The Morgan fingerprint density at radius 2 is 2.40 bits per heavy atom. The SMILES string of the molecule is C#CCN(C(=O)C(N)c1cccs1)C1CCS(=O)(=O)C1. The lowest BCUT2D eigenvalue weighted by Crippen LogP contribution is -2.45. The van der Waals surface area contributed by atoms with Crippen molar-refractivity contribution in [3.05, 3.63) is 22.4 Å². The summed E-state index contributed by atoms with van der Waals surface area (Å²) in [6.45, 7) is 0.0814. The molecule has 2 heterocycles. The van der Waals surface area contributed by atoms with E-state index in [4.69, 9.17) is 12.2 Å². The third-order valence-electron chi connectivity index (χ3n) is 3.31. The highest BCUT2D eigenvalue weighted by Crippen LogP contribution is 2.23. The van der Waals surface area contributed by atoms with Crippen molar-refractivity contribution >= 4 is 27.1 Å². The van der Waals surface area contributed by atoms with Gasteiger partial charge in [0.2, 0.25) is 5.91 Å². The zero-order valence-electron chi connectivity index (χ0n) is 10.9. The van der Waals surface area contributed by atoms with E-state index in [0.29, 0.717) is 6.42 Å². The van der Waals surface area contributed by atoms with E-state index in [-0.39, 0.29) is 30.0 Å². The Balaban J connectivity index is 2.17. The Labute approximate surface area is 122 Å². The molecule has 2 atom stereocenters. The molecule has 1 fully saturated rings. The summed E-state index contributed by atoms with van der Waals surface area (Å²) in [4.78, 5) is 14.6. The smallest absolute Gasteiger partial charge is 0.245 e. The molecule has 0 spiro atoms. The van der Waals surface area contributed by atoms with Crippen LogP contribution in [-0.4, -0.2) is 43.3 Å². The van der Waals surface area contributed by atoms with Gasteiger partial charge in [0.1, 0.15) is 6.04 Å². The molecule has 1 amide bonds. The lowest BCUT2D eigenvalue weighted by molar-refractivity contribution is -0.133. The van der Waals surface area contributed by atoms with Crippen LogP contribution in [0, 0.1) is 12.3 Å². The minimum Gasteiger partial charge on any atom is -0.326 e. The fourth-order valence-electron chi connectivity index (χ4n) is 2.28. The Morgan fingerprint density at radius 1 is 1.65 bits per heavy atom. The number of sulfone groups is 1. The van der Waals surface area contributed by atoms with Gasteiger partial charge in [-0.3, -0.25) is 4.79 Å². The number of rotatable bonds is 4. The van der Waals surface area contributed by atoms with Gasteiger partial charge in [0, 0.05) is 10.9 Å². The van der Waals surface area contributed by atoms with Crippen molar-refractivity contribution < 1.29 is 13.2 Å². The maximum absolute atomic E-state index is 12.4. The first-order chi connectivity index (χ1) is 9.44. The molecule has 0 aliphatic carbocycles. The number of terminal acetylenes is 1. The van der Waals surface area contributed by atoms with E-state index in [9.17, 15) is 13.2 Å².